The van der Waals surface area contributed by atoms with Gasteiger partial charge in [0.05, 0.1) is 27.1 Å². The van der Waals surface area contributed by atoms with Gasteiger partial charge >= 0.3 is 5.97 Å². The Hall–Kier alpha value is -2.70. The van der Waals surface area contributed by atoms with Crippen LogP contribution in [0.25, 0.3) is 0 Å². The molecule has 0 aliphatic rings. The summed E-state index contributed by atoms with van der Waals surface area (Å²) in [5, 5.41) is 0. The summed E-state index contributed by atoms with van der Waals surface area (Å²) in [7, 11) is 2.64. The van der Waals surface area contributed by atoms with E-state index in [0.717, 1.165) is 23.6 Å². The molecule has 0 aliphatic heterocycles. The Bertz CT molecular complexity index is 710. The first-order valence-electron chi connectivity index (χ1n) is 6.03. The Labute approximate surface area is 119 Å². The van der Waals surface area contributed by atoms with Crippen LogP contribution >= 0.6 is 0 Å². The third-order valence-electron chi connectivity index (χ3n) is 2.87. The van der Waals surface area contributed by atoms with Crippen LogP contribution in [-0.4, -0.2) is 29.7 Å². The molecule has 0 N–H and O–H groups in total. The minimum Gasteiger partial charge on any atom is -0.497 e. The van der Waals surface area contributed by atoms with Crippen molar-refractivity contribution in [2.24, 2.45) is 0 Å². The standard InChI is InChI=1S/C14H13FN2O4/c1-20-10-5-3-9(4-6-10)7-17-8-16-12(14(19)21-2)11(15)13(17)18/h3-6,8H,7H2,1-2H3. The number of carbonyl (C=O) groups is 1. The van der Waals surface area contributed by atoms with E-state index in [9.17, 15) is 14.0 Å². The van der Waals surface area contributed by atoms with Crippen LogP contribution in [0.3, 0.4) is 0 Å². The van der Waals surface area contributed by atoms with Crippen LogP contribution in [0.5, 0.6) is 5.75 Å². The second-order valence-corrected chi connectivity index (χ2v) is 4.18. The maximum absolute atomic E-state index is 13.8. The molecule has 1 aromatic heterocycles. The van der Waals surface area contributed by atoms with Gasteiger partial charge in [-0.3, -0.25) is 9.36 Å². The molecule has 110 valence electrons. The number of methoxy groups -OCH3 is 2. The van der Waals surface area contributed by atoms with E-state index >= 15 is 0 Å². The highest BCUT2D eigenvalue weighted by Gasteiger charge is 2.18. The molecule has 6 nitrogen and oxygen atoms in total. The van der Waals surface area contributed by atoms with Crippen LogP contribution in [-0.2, 0) is 11.3 Å². The van der Waals surface area contributed by atoms with Crippen molar-refractivity contribution in [2.45, 2.75) is 6.54 Å². The van der Waals surface area contributed by atoms with E-state index in [-0.39, 0.29) is 6.54 Å². The second kappa shape index (κ2) is 6.17. The van der Waals surface area contributed by atoms with Crippen molar-refractivity contribution >= 4 is 5.97 Å². The molecule has 1 aromatic carbocycles. The van der Waals surface area contributed by atoms with E-state index in [1.54, 1.807) is 31.4 Å². The average molecular weight is 292 g/mol. The minimum absolute atomic E-state index is 0.133. The smallest absolute Gasteiger partial charge is 0.360 e. The highest BCUT2D eigenvalue weighted by molar-refractivity contribution is 5.87. The van der Waals surface area contributed by atoms with E-state index in [1.165, 1.54) is 0 Å². The van der Waals surface area contributed by atoms with Crippen molar-refractivity contribution in [1.29, 1.82) is 0 Å². The van der Waals surface area contributed by atoms with Gasteiger partial charge in [-0.25, -0.2) is 9.78 Å². The highest BCUT2D eigenvalue weighted by Crippen LogP contribution is 2.12. The monoisotopic (exact) mass is 292 g/mol. The van der Waals surface area contributed by atoms with Crippen molar-refractivity contribution in [2.75, 3.05) is 14.2 Å². The molecule has 0 unspecified atom stereocenters. The van der Waals surface area contributed by atoms with Crippen LogP contribution in [0.15, 0.2) is 35.4 Å². The lowest BCUT2D eigenvalue weighted by Gasteiger charge is -2.08. The third-order valence-corrected chi connectivity index (χ3v) is 2.87. The van der Waals surface area contributed by atoms with Crippen LogP contribution in [0.4, 0.5) is 4.39 Å². The first-order valence-corrected chi connectivity index (χ1v) is 6.03. The number of carbonyl (C=O) groups excluding carboxylic acids is 1. The number of rotatable bonds is 4. The van der Waals surface area contributed by atoms with Gasteiger partial charge in [0.15, 0.2) is 5.69 Å². The summed E-state index contributed by atoms with van der Waals surface area (Å²) < 4.78 is 24.3. The zero-order chi connectivity index (χ0) is 15.4. The number of nitrogens with zero attached hydrogens (tertiary/aromatic N) is 2. The molecule has 0 aliphatic carbocycles. The fourth-order valence-electron chi connectivity index (χ4n) is 1.74. The largest absolute Gasteiger partial charge is 0.497 e. The van der Waals surface area contributed by atoms with E-state index in [4.69, 9.17) is 4.74 Å². The van der Waals surface area contributed by atoms with Crippen LogP contribution in [0, 0.1) is 5.82 Å². The summed E-state index contributed by atoms with van der Waals surface area (Å²) in [5.41, 5.74) is -0.778. The Morgan fingerprint density at radius 2 is 1.95 bits per heavy atom. The first-order chi connectivity index (χ1) is 10.1. The summed E-state index contributed by atoms with van der Waals surface area (Å²) >= 11 is 0. The van der Waals surface area contributed by atoms with Crippen LogP contribution in [0.1, 0.15) is 16.1 Å². The average Bonchev–Trinajstić information content (AvgIpc) is 2.52. The molecule has 0 fully saturated rings. The summed E-state index contributed by atoms with van der Waals surface area (Å²) in [5.74, 6) is -1.53. The molecule has 21 heavy (non-hydrogen) atoms. The quantitative estimate of drug-likeness (QED) is 0.793. The fraction of sp³-hybridized carbons (Fsp3) is 0.214. The molecular formula is C14H13FN2O4. The Kier molecular flexibility index (Phi) is 4.32. The number of ether oxygens (including phenoxy) is 2. The van der Waals surface area contributed by atoms with Gasteiger partial charge in [-0.15, -0.1) is 0 Å². The predicted octanol–water partition coefficient (Wildman–Crippen LogP) is 1.23. The van der Waals surface area contributed by atoms with Gasteiger partial charge in [0.25, 0.3) is 5.56 Å². The van der Waals surface area contributed by atoms with Gasteiger partial charge in [-0.2, -0.15) is 4.39 Å². The van der Waals surface area contributed by atoms with Crippen LogP contribution in [0.2, 0.25) is 0 Å². The molecule has 1 heterocycles. The number of halogens is 1. The number of benzene rings is 1. The van der Waals surface area contributed by atoms with E-state index < -0.39 is 23.0 Å². The fourth-order valence-corrected chi connectivity index (χ4v) is 1.74. The zero-order valence-electron chi connectivity index (χ0n) is 11.5. The molecule has 0 radical (unpaired) electrons. The van der Waals surface area contributed by atoms with Gasteiger partial charge < -0.3 is 9.47 Å². The molecule has 2 rings (SSSR count). The third kappa shape index (κ3) is 3.07. The summed E-state index contributed by atoms with van der Waals surface area (Å²) in [6.45, 7) is 0.133. The molecule has 0 spiro atoms. The zero-order valence-corrected chi connectivity index (χ0v) is 11.5. The molecule has 2 aromatic rings. The lowest BCUT2D eigenvalue weighted by Crippen LogP contribution is -2.27. The van der Waals surface area contributed by atoms with Gasteiger partial charge in [-0.05, 0) is 17.7 Å². The van der Waals surface area contributed by atoms with Gasteiger partial charge in [0.2, 0.25) is 5.82 Å². The molecule has 0 atom stereocenters. The SMILES string of the molecule is COC(=O)c1ncn(Cc2ccc(OC)cc2)c(=O)c1F. The molecular weight excluding hydrogens is 279 g/mol. The topological polar surface area (TPSA) is 70.4 Å². The Morgan fingerprint density at radius 3 is 2.52 bits per heavy atom. The van der Waals surface area contributed by atoms with Crippen molar-refractivity contribution < 1.29 is 18.7 Å². The Morgan fingerprint density at radius 1 is 1.29 bits per heavy atom. The molecule has 0 amide bonds. The number of aromatic nitrogens is 2. The van der Waals surface area contributed by atoms with Crippen molar-refractivity contribution in [1.82, 2.24) is 9.55 Å². The maximum atomic E-state index is 13.8. The lowest BCUT2D eigenvalue weighted by molar-refractivity contribution is 0.0587. The van der Waals surface area contributed by atoms with Gasteiger partial charge in [0, 0.05) is 0 Å². The molecule has 7 heteroatoms. The van der Waals surface area contributed by atoms with Crippen molar-refractivity contribution in [3.05, 3.63) is 58.0 Å². The highest BCUT2D eigenvalue weighted by atomic mass is 19.1. The van der Waals surface area contributed by atoms with Crippen molar-refractivity contribution in [3.8, 4) is 5.75 Å². The van der Waals surface area contributed by atoms with E-state index in [0.29, 0.717) is 5.75 Å². The first kappa shape index (κ1) is 14.7. The lowest BCUT2D eigenvalue weighted by atomic mass is 10.2. The molecule has 0 saturated heterocycles. The van der Waals surface area contributed by atoms with E-state index in [2.05, 4.69) is 9.72 Å². The molecule has 0 saturated carbocycles. The minimum atomic E-state index is -1.22. The van der Waals surface area contributed by atoms with Gasteiger partial charge in [-0.1, -0.05) is 12.1 Å². The maximum Gasteiger partial charge on any atom is 0.360 e. The second-order valence-electron chi connectivity index (χ2n) is 4.18. The summed E-state index contributed by atoms with van der Waals surface area (Å²) in [4.78, 5) is 26.7. The number of esters is 1. The van der Waals surface area contributed by atoms with E-state index in [1.807, 2.05) is 0 Å². The summed E-state index contributed by atoms with van der Waals surface area (Å²) in [6.07, 6.45) is 1.11. The normalized spacial score (nSPS) is 10.2. The summed E-state index contributed by atoms with van der Waals surface area (Å²) in [6, 6.07) is 6.95. The number of hydrogen-bond acceptors (Lipinski definition) is 5. The van der Waals surface area contributed by atoms with Crippen LogP contribution < -0.4 is 10.3 Å². The molecule has 0 bridgehead atoms. The Balaban J connectivity index is 2.30. The number of hydrogen-bond donors (Lipinski definition) is 0. The van der Waals surface area contributed by atoms with Gasteiger partial charge in [0.1, 0.15) is 5.75 Å². The van der Waals surface area contributed by atoms with Crippen molar-refractivity contribution in [3.63, 3.8) is 0 Å². The predicted molar refractivity (Wildman–Crippen MR) is 71.9 cm³/mol.